The van der Waals surface area contributed by atoms with Gasteiger partial charge in [0, 0.05) is 5.56 Å². The van der Waals surface area contributed by atoms with Gasteiger partial charge in [-0.25, -0.2) is 9.29 Å². The Bertz CT molecular complexity index is 817. The molecule has 0 saturated carbocycles. The molecule has 0 aliphatic heterocycles. The van der Waals surface area contributed by atoms with E-state index < -0.39 is 10.2 Å². The third kappa shape index (κ3) is 2.65. The molecule has 0 spiro atoms. The predicted octanol–water partition coefficient (Wildman–Crippen LogP) is 0.621. The summed E-state index contributed by atoms with van der Waals surface area (Å²) >= 11 is 6.06. The van der Waals surface area contributed by atoms with Gasteiger partial charge in [0.1, 0.15) is 11.8 Å². The molecule has 6 nitrogen and oxygen atoms in total. The number of imidazole rings is 1. The number of nitrogens with zero attached hydrogens (tertiary/aromatic N) is 3. The van der Waals surface area contributed by atoms with Crippen LogP contribution in [0.25, 0.3) is 11.3 Å². The highest BCUT2D eigenvalue weighted by molar-refractivity contribution is 7.83. The summed E-state index contributed by atoms with van der Waals surface area (Å²) in [5.41, 5.74) is 1.82. The van der Waals surface area contributed by atoms with Gasteiger partial charge in [-0.2, -0.15) is 17.7 Å². The maximum absolute atomic E-state index is 12.5. The van der Waals surface area contributed by atoms with Crippen LogP contribution in [-0.2, 0) is 10.2 Å². The molecular weight excluding hydrogens is 312 g/mol. The van der Waals surface area contributed by atoms with E-state index in [9.17, 15) is 8.42 Å². The molecule has 1 heterocycles. The van der Waals surface area contributed by atoms with Gasteiger partial charge in [-0.1, -0.05) is 41.4 Å². The smallest absolute Gasteiger partial charge is 0.215 e. The van der Waals surface area contributed by atoms with Crippen molar-refractivity contribution in [3.05, 3.63) is 40.8 Å². The Labute approximate surface area is 128 Å². The molecule has 0 bridgehead atoms. The van der Waals surface area contributed by atoms with Gasteiger partial charge in [-0.15, -0.1) is 0 Å². The predicted molar refractivity (Wildman–Crippen MR) is 79.3 cm³/mol. The quantitative estimate of drug-likeness (QED) is 0.897. The molecule has 0 radical (unpaired) electrons. The average molecular weight is 326 g/mol. The molecule has 0 atom stereocenters. The van der Waals surface area contributed by atoms with Gasteiger partial charge >= 0.3 is 10.2 Å². The Morgan fingerprint density at radius 2 is 1.86 bits per heavy atom. The first-order chi connectivity index (χ1) is 9.78. The number of benzene rings is 1. The van der Waals surface area contributed by atoms with E-state index in [1.165, 1.54) is 14.1 Å². The maximum Gasteiger partial charge on any atom is 0.400 e. The van der Waals surface area contributed by atoms with Crippen LogP contribution in [-0.4, -0.2) is 31.5 Å². The van der Waals surface area contributed by atoms with Crippen molar-refractivity contribution in [2.24, 2.45) is 0 Å². The molecule has 0 fully saturated rings. The first-order valence-corrected chi connectivity index (χ1v) is 7.92. The molecule has 1 aromatic carbocycles. The Morgan fingerprint density at radius 1 is 1.29 bits per heavy atom. The fraction of sp³-hybridized carbons (Fsp3) is 0.231. The lowest BCUT2D eigenvalue weighted by atomic mass is 10.1. The topological polar surface area (TPSA) is 80.2 Å². The maximum atomic E-state index is 12.5. The Morgan fingerprint density at radius 3 is 2.33 bits per heavy atom. The van der Waals surface area contributed by atoms with Crippen LogP contribution in [0, 0.1) is 18.3 Å². The molecule has 0 aliphatic carbocycles. The Hall–Kier alpha value is -1.88. The Balaban J connectivity index is 2.82. The highest BCUT2D eigenvalue weighted by atomic mass is 35.5. The van der Waals surface area contributed by atoms with Crippen LogP contribution in [0.15, 0.2) is 24.3 Å². The lowest BCUT2D eigenvalue weighted by molar-refractivity contribution is -0.718. The van der Waals surface area contributed by atoms with E-state index in [0.29, 0.717) is 5.56 Å². The number of aromatic nitrogens is 2. The van der Waals surface area contributed by atoms with E-state index in [0.717, 1.165) is 9.54 Å². The van der Waals surface area contributed by atoms with E-state index in [4.69, 9.17) is 16.9 Å². The summed E-state index contributed by atoms with van der Waals surface area (Å²) in [4.78, 5) is 3.85. The first-order valence-electron chi connectivity index (χ1n) is 6.10. The van der Waals surface area contributed by atoms with Gasteiger partial charge in [-0.3, -0.25) is 0 Å². The normalized spacial score (nSPS) is 11.6. The molecule has 0 amide bonds. The molecule has 0 unspecified atom stereocenters. The van der Waals surface area contributed by atoms with Gasteiger partial charge in [0.05, 0.1) is 14.1 Å². The summed E-state index contributed by atoms with van der Waals surface area (Å²) in [6.07, 6.45) is 0. The highest BCUT2D eigenvalue weighted by Gasteiger charge is 2.31. The second kappa shape index (κ2) is 5.48. The zero-order valence-electron chi connectivity index (χ0n) is 11.8. The molecule has 2 aromatic rings. The zero-order chi connectivity index (χ0) is 15.8. The monoisotopic (exact) mass is 325 g/mol. The van der Waals surface area contributed by atoms with E-state index in [-0.39, 0.29) is 21.0 Å². The summed E-state index contributed by atoms with van der Waals surface area (Å²) in [6, 6.07) is 8.94. The van der Waals surface area contributed by atoms with Crippen molar-refractivity contribution in [1.29, 1.82) is 5.26 Å². The van der Waals surface area contributed by atoms with E-state index in [1.807, 2.05) is 19.1 Å². The average Bonchev–Trinajstić information content (AvgIpc) is 2.77. The van der Waals surface area contributed by atoms with Crippen LogP contribution >= 0.6 is 11.6 Å². The van der Waals surface area contributed by atoms with Crippen molar-refractivity contribution in [2.75, 3.05) is 14.1 Å². The molecule has 0 saturated heterocycles. The summed E-state index contributed by atoms with van der Waals surface area (Å²) in [6.45, 7) is 1.92. The highest BCUT2D eigenvalue weighted by Crippen LogP contribution is 2.29. The molecule has 2 rings (SSSR count). The van der Waals surface area contributed by atoms with Crippen molar-refractivity contribution in [2.45, 2.75) is 6.92 Å². The molecule has 1 N–H and O–H groups in total. The fourth-order valence-electron chi connectivity index (χ4n) is 1.82. The van der Waals surface area contributed by atoms with Gasteiger partial charge in [0.2, 0.25) is 5.82 Å². The summed E-state index contributed by atoms with van der Waals surface area (Å²) in [5.74, 6) is -0.253. The van der Waals surface area contributed by atoms with Crippen LogP contribution in [0.2, 0.25) is 5.15 Å². The number of hydrogen-bond donors (Lipinski definition) is 1. The molecule has 8 heteroatoms. The molecule has 1 aromatic heterocycles. The number of halogens is 1. The van der Waals surface area contributed by atoms with Gasteiger partial charge in [-0.05, 0) is 6.92 Å². The first kappa shape index (κ1) is 15.5. The van der Waals surface area contributed by atoms with Crippen molar-refractivity contribution in [3.8, 4) is 17.3 Å². The summed E-state index contributed by atoms with van der Waals surface area (Å²) < 4.78 is 26.0. The van der Waals surface area contributed by atoms with E-state index >= 15 is 0 Å². The van der Waals surface area contributed by atoms with Crippen LogP contribution < -0.4 is 4.31 Å². The van der Waals surface area contributed by atoms with Crippen LogP contribution in [0.4, 0.5) is 0 Å². The van der Waals surface area contributed by atoms with E-state index in [2.05, 4.69) is 4.98 Å². The number of nitrogens with one attached hydrogen (secondary N) is 1. The fourth-order valence-corrected chi connectivity index (χ4v) is 3.25. The standard InChI is InChI=1S/C13H13ClN4O2S/c1-9-4-6-10(7-5-9)12-13(14)16-11(8-15)18(12)21(19,20)17(2)3/h4-7H,1-3H3/p+1. The van der Waals surface area contributed by atoms with Crippen molar-refractivity contribution >= 4 is 21.8 Å². The zero-order valence-corrected chi connectivity index (χ0v) is 13.3. The molecular formula is C13H14ClN4O2S+. The van der Waals surface area contributed by atoms with Crippen LogP contribution in [0.3, 0.4) is 0 Å². The number of rotatable bonds is 3. The van der Waals surface area contributed by atoms with Crippen molar-refractivity contribution in [3.63, 3.8) is 0 Å². The SMILES string of the molecule is Cc1ccc(-c2c(Cl)nc(C#N)n2S(=O)(=O)[NH+](C)C)cc1. The van der Waals surface area contributed by atoms with Crippen LogP contribution in [0.1, 0.15) is 11.4 Å². The largest absolute Gasteiger partial charge is 0.400 e. The molecule has 21 heavy (non-hydrogen) atoms. The summed E-state index contributed by atoms with van der Waals surface area (Å²) in [5, 5.41) is 9.11. The van der Waals surface area contributed by atoms with Gasteiger partial charge < -0.3 is 0 Å². The van der Waals surface area contributed by atoms with Crippen LogP contribution in [0.5, 0.6) is 0 Å². The minimum absolute atomic E-state index is 0.0137. The number of quaternary nitrogens is 1. The third-order valence-corrected chi connectivity index (χ3v) is 5.11. The number of hydrogen-bond acceptors (Lipinski definition) is 4. The minimum Gasteiger partial charge on any atom is -0.215 e. The van der Waals surface area contributed by atoms with Gasteiger partial charge in [0.25, 0.3) is 0 Å². The second-order valence-electron chi connectivity index (χ2n) is 4.73. The van der Waals surface area contributed by atoms with E-state index in [1.54, 1.807) is 18.2 Å². The molecule has 110 valence electrons. The minimum atomic E-state index is -3.82. The third-order valence-electron chi connectivity index (χ3n) is 2.98. The number of nitriles is 1. The lowest BCUT2D eigenvalue weighted by Gasteiger charge is -2.12. The van der Waals surface area contributed by atoms with Gasteiger partial charge in [0.15, 0.2) is 5.15 Å². The van der Waals surface area contributed by atoms with Crippen molar-refractivity contribution in [1.82, 2.24) is 8.96 Å². The summed E-state index contributed by atoms with van der Waals surface area (Å²) in [7, 11) is -0.901. The number of aryl methyl sites for hydroxylation is 1. The molecule has 0 aliphatic rings. The second-order valence-corrected chi connectivity index (χ2v) is 7.22. The Kier molecular flexibility index (Phi) is 4.05. The lowest BCUT2D eigenvalue weighted by Crippen LogP contribution is -3.08. The van der Waals surface area contributed by atoms with Crippen molar-refractivity contribution < 1.29 is 12.7 Å².